The van der Waals surface area contributed by atoms with Crippen molar-refractivity contribution in [2.24, 2.45) is 11.3 Å². The van der Waals surface area contributed by atoms with Gasteiger partial charge >= 0.3 is 0 Å². The standard InChI is InChI=1S/C16H28N2O2S/c1-6-14(19)18-9-7-12(8-10-18)15(20)17-11-13(21-5)16(2,3)4/h6,12-13H,1,7-11H2,2-5H3,(H,17,20). The van der Waals surface area contributed by atoms with Crippen LogP contribution in [-0.4, -0.2) is 47.9 Å². The fourth-order valence-corrected chi connectivity index (χ4v) is 3.53. The van der Waals surface area contributed by atoms with E-state index in [1.807, 2.05) is 0 Å². The molecule has 1 heterocycles. The van der Waals surface area contributed by atoms with Crippen LogP contribution < -0.4 is 5.32 Å². The Hall–Kier alpha value is -0.970. The Morgan fingerprint density at radius 2 is 1.95 bits per heavy atom. The number of nitrogens with zero attached hydrogens (tertiary/aromatic N) is 1. The van der Waals surface area contributed by atoms with E-state index >= 15 is 0 Å². The molecule has 1 fully saturated rings. The van der Waals surface area contributed by atoms with Crippen LogP contribution in [0.25, 0.3) is 0 Å². The van der Waals surface area contributed by atoms with Gasteiger partial charge in [0.1, 0.15) is 0 Å². The average Bonchev–Trinajstić information content (AvgIpc) is 2.45. The third-order valence-electron chi connectivity index (χ3n) is 4.06. The molecular formula is C16H28N2O2S. The molecule has 0 aliphatic carbocycles. The third-order valence-corrected chi connectivity index (χ3v) is 5.51. The molecule has 0 saturated carbocycles. The molecule has 1 rings (SSSR count). The van der Waals surface area contributed by atoms with Gasteiger partial charge in [0.2, 0.25) is 11.8 Å². The van der Waals surface area contributed by atoms with E-state index in [2.05, 4.69) is 38.9 Å². The van der Waals surface area contributed by atoms with Crippen molar-refractivity contribution in [3.05, 3.63) is 12.7 Å². The van der Waals surface area contributed by atoms with Gasteiger partial charge in [0.05, 0.1) is 0 Å². The van der Waals surface area contributed by atoms with E-state index < -0.39 is 0 Å². The van der Waals surface area contributed by atoms with Crippen LogP contribution in [0.1, 0.15) is 33.6 Å². The molecule has 4 nitrogen and oxygen atoms in total. The van der Waals surface area contributed by atoms with Gasteiger partial charge in [-0.05, 0) is 30.6 Å². The summed E-state index contributed by atoms with van der Waals surface area (Å²) in [4.78, 5) is 25.5. The molecule has 1 saturated heterocycles. The predicted octanol–water partition coefficient (Wildman–Crippen LogP) is 2.30. The molecule has 1 unspecified atom stereocenters. The van der Waals surface area contributed by atoms with Crippen molar-refractivity contribution in [2.45, 2.75) is 38.9 Å². The average molecular weight is 312 g/mol. The summed E-state index contributed by atoms with van der Waals surface area (Å²) in [5.41, 5.74) is 0.173. The maximum atomic E-state index is 12.2. The highest BCUT2D eigenvalue weighted by atomic mass is 32.2. The normalized spacial score (nSPS) is 18.2. The van der Waals surface area contributed by atoms with E-state index in [1.165, 1.54) is 6.08 Å². The molecule has 21 heavy (non-hydrogen) atoms. The van der Waals surface area contributed by atoms with Crippen molar-refractivity contribution >= 4 is 23.6 Å². The lowest BCUT2D eigenvalue weighted by atomic mass is 9.91. The Morgan fingerprint density at radius 3 is 2.38 bits per heavy atom. The molecule has 0 aromatic rings. The number of carbonyl (C=O) groups is 2. The number of hydrogen-bond donors (Lipinski definition) is 1. The summed E-state index contributed by atoms with van der Waals surface area (Å²) in [6.45, 7) is 12.1. The Balaban J connectivity index is 2.41. The van der Waals surface area contributed by atoms with Crippen LogP contribution in [0.5, 0.6) is 0 Å². The predicted molar refractivity (Wildman–Crippen MR) is 89.3 cm³/mol. The van der Waals surface area contributed by atoms with Gasteiger partial charge in [-0.15, -0.1) is 0 Å². The molecule has 0 bridgehead atoms. The van der Waals surface area contributed by atoms with E-state index in [1.54, 1.807) is 16.7 Å². The minimum Gasteiger partial charge on any atom is -0.355 e. The number of carbonyl (C=O) groups excluding carboxylic acids is 2. The quantitative estimate of drug-likeness (QED) is 0.793. The molecule has 1 aliphatic heterocycles. The van der Waals surface area contributed by atoms with Gasteiger partial charge in [0.15, 0.2) is 0 Å². The maximum absolute atomic E-state index is 12.2. The van der Waals surface area contributed by atoms with Crippen LogP contribution in [-0.2, 0) is 9.59 Å². The highest BCUT2D eigenvalue weighted by Crippen LogP contribution is 2.28. The zero-order valence-electron chi connectivity index (χ0n) is 13.6. The molecule has 120 valence electrons. The second-order valence-corrected chi connectivity index (χ2v) is 7.68. The van der Waals surface area contributed by atoms with E-state index in [0.717, 1.165) is 12.8 Å². The van der Waals surface area contributed by atoms with E-state index in [4.69, 9.17) is 0 Å². The van der Waals surface area contributed by atoms with E-state index in [9.17, 15) is 9.59 Å². The fraction of sp³-hybridized carbons (Fsp3) is 0.750. The number of amides is 2. The number of rotatable bonds is 5. The van der Waals surface area contributed by atoms with Crippen molar-refractivity contribution in [3.63, 3.8) is 0 Å². The highest BCUT2D eigenvalue weighted by molar-refractivity contribution is 7.99. The number of likely N-dealkylation sites (tertiary alicyclic amines) is 1. The summed E-state index contributed by atoms with van der Waals surface area (Å²) in [6.07, 6.45) is 4.91. The smallest absolute Gasteiger partial charge is 0.245 e. The molecule has 1 aliphatic rings. The molecule has 2 amide bonds. The van der Waals surface area contributed by atoms with Gasteiger partial charge in [0, 0.05) is 30.8 Å². The van der Waals surface area contributed by atoms with Crippen LogP contribution in [0.4, 0.5) is 0 Å². The number of thioether (sulfide) groups is 1. The number of nitrogens with one attached hydrogen (secondary N) is 1. The fourth-order valence-electron chi connectivity index (χ4n) is 2.57. The van der Waals surface area contributed by atoms with Crippen LogP contribution in [0.2, 0.25) is 0 Å². The zero-order valence-corrected chi connectivity index (χ0v) is 14.5. The van der Waals surface area contributed by atoms with Crippen LogP contribution in [0.15, 0.2) is 12.7 Å². The molecular weight excluding hydrogens is 284 g/mol. The van der Waals surface area contributed by atoms with Crippen molar-refractivity contribution in [1.29, 1.82) is 0 Å². The Morgan fingerprint density at radius 1 is 1.38 bits per heavy atom. The molecule has 0 aromatic carbocycles. The third kappa shape index (κ3) is 5.38. The lowest BCUT2D eigenvalue weighted by Crippen LogP contribution is -2.44. The van der Waals surface area contributed by atoms with Crippen LogP contribution in [0.3, 0.4) is 0 Å². The summed E-state index contributed by atoms with van der Waals surface area (Å²) in [7, 11) is 0. The van der Waals surface area contributed by atoms with Crippen LogP contribution >= 0.6 is 11.8 Å². The topological polar surface area (TPSA) is 49.4 Å². The van der Waals surface area contributed by atoms with Gasteiger partial charge in [0.25, 0.3) is 0 Å². The van der Waals surface area contributed by atoms with Gasteiger partial charge in [-0.3, -0.25) is 9.59 Å². The van der Waals surface area contributed by atoms with Crippen molar-refractivity contribution in [3.8, 4) is 0 Å². The Labute approximate surface area is 132 Å². The van der Waals surface area contributed by atoms with Gasteiger partial charge in [-0.2, -0.15) is 11.8 Å². The summed E-state index contributed by atoms with van der Waals surface area (Å²) < 4.78 is 0. The second kappa shape index (κ2) is 7.87. The van der Waals surface area contributed by atoms with Crippen molar-refractivity contribution in [2.75, 3.05) is 25.9 Å². The first kappa shape index (κ1) is 18.1. The molecule has 5 heteroatoms. The van der Waals surface area contributed by atoms with E-state index in [0.29, 0.717) is 24.9 Å². The van der Waals surface area contributed by atoms with Gasteiger partial charge < -0.3 is 10.2 Å². The van der Waals surface area contributed by atoms with Crippen molar-refractivity contribution < 1.29 is 9.59 Å². The van der Waals surface area contributed by atoms with E-state index in [-0.39, 0.29) is 23.1 Å². The lowest BCUT2D eigenvalue weighted by Gasteiger charge is -2.32. The summed E-state index contributed by atoms with van der Waals surface area (Å²) >= 11 is 1.79. The SMILES string of the molecule is C=CC(=O)N1CCC(C(=O)NCC(SC)C(C)(C)C)CC1. The number of piperidine rings is 1. The monoisotopic (exact) mass is 312 g/mol. The molecule has 1 atom stereocenters. The Kier molecular flexibility index (Phi) is 6.78. The summed E-state index contributed by atoms with van der Waals surface area (Å²) in [5.74, 6) is 0.120. The van der Waals surface area contributed by atoms with Gasteiger partial charge in [-0.1, -0.05) is 27.4 Å². The largest absolute Gasteiger partial charge is 0.355 e. The minimum atomic E-state index is -0.0379. The first-order valence-corrected chi connectivity index (χ1v) is 8.80. The maximum Gasteiger partial charge on any atom is 0.245 e. The Bertz CT molecular complexity index is 382. The minimum absolute atomic E-state index is 0.0290. The zero-order chi connectivity index (χ0) is 16.0. The van der Waals surface area contributed by atoms with Crippen LogP contribution in [0, 0.1) is 11.3 Å². The molecule has 0 spiro atoms. The summed E-state index contributed by atoms with van der Waals surface area (Å²) in [5, 5.41) is 3.49. The summed E-state index contributed by atoms with van der Waals surface area (Å²) in [6, 6.07) is 0. The first-order valence-electron chi connectivity index (χ1n) is 7.51. The highest BCUT2D eigenvalue weighted by Gasteiger charge is 2.28. The van der Waals surface area contributed by atoms with Gasteiger partial charge in [-0.25, -0.2) is 0 Å². The van der Waals surface area contributed by atoms with Crippen molar-refractivity contribution in [1.82, 2.24) is 10.2 Å². The molecule has 0 radical (unpaired) electrons. The number of hydrogen-bond acceptors (Lipinski definition) is 3. The molecule has 0 aromatic heterocycles. The lowest BCUT2D eigenvalue weighted by molar-refractivity contribution is -0.132. The first-order chi connectivity index (χ1) is 9.79. The molecule has 1 N–H and O–H groups in total. The second-order valence-electron chi connectivity index (χ2n) is 6.64.